The Labute approximate surface area is 103 Å². The van der Waals surface area contributed by atoms with E-state index in [0.717, 1.165) is 17.3 Å². The number of aliphatic imine (C=N–C) groups is 1. The molecule has 0 radical (unpaired) electrons. The molecule has 1 N–H and O–H groups in total. The number of benzene rings is 1. The molecule has 1 aromatic rings. The smallest absolute Gasteiger partial charge is 0.344 e. The van der Waals surface area contributed by atoms with E-state index in [9.17, 15) is 13.2 Å². The Balaban J connectivity index is 2.42. The summed E-state index contributed by atoms with van der Waals surface area (Å²) in [5, 5.41) is 2.92. The molecule has 1 aliphatic rings. The third-order valence-electron chi connectivity index (χ3n) is 2.91. The summed E-state index contributed by atoms with van der Waals surface area (Å²) in [7, 11) is 0. The van der Waals surface area contributed by atoms with Gasteiger partial charge < -0.3 is 5.32 Å². The van der Waals surface area contributed by atoms with Gasteiger partial charge >= 0.3 is 6.18 Å². The molecule has 5 heteroatoms. The van der Waals surface area contributed by atoms with E-state index in [1.54, 1.807) is 6.07 Å². The van der Waals surface area contributed by atoms with Crippen LogP contribution in [0.2, 0.25) is 0 Å². The summed E-state index contributed by atoms with van der Waals surface area (Å²) in [4.78, 5) is 4.15. The Morgan fingerprint density at radius 3 is 2.44 bits per heavy atom. The van der Waals surface area contributed by atoms with E-state index in [1.165, 1.54) is 12.1 Å². The molecular weight excluding hydrogens is 241 g/mol. The highest BCUT2D eigenvalue weighted by atomic mass is 19.4. The van der Waals surface area contributed by atoms with Gasteiger partial charge in [-0.05, 0) is 25.5 Å². The molecule has 0 amide bonds. The van der Waals surface area contributed by atoms with Crippen molar-refractivity contribution in [1.82, 2.24) is 5.32 Å². The van der Waals surface area contributed by atoms with Crippen molar-refractivity contribution < 1.29 is 13.2 Å². The van der Waals surface area contributed by atoms with Gasteiger partial charge in [-0.1, -0.05) is 18.2 Å². The van der Waals surface area contributed by atoms with E-state index < -0.39 is 11.7 Å². The predicted molar refractivity (Wildman–Crippen MR) is 64.4 cm³/mol. The van der Waals surface area contributed by atoms with Gasteiger partial charge in [-0.25, -0.2) is 0 Å². The van der Waals surface area contributed by atoms with E-state index in [-0.39, 0.29) is 11.4 Å². The van der Waals surface area contributed by atoms with E-state index in [0.29, 0.717) is 6.54 Å². The van der Waals surface area contributed by atoms with Crippen molar-refractivity contribution in [2.45, 2.75) is 20.0 Å². The summed E-state index contributed by atoms with van der Waals surface area (Å²) in [5.74, 6) is 0.283. The van der Waals surface area contributed by atoms with E-state index >= 15 is 0 Å². The fourth-order valence-electron chi connectivity index (χ4n) is 1.73. The Morgan fingerprint density at radius 1 is 1.17 bits per heavy atom. The molecule has 0 fully saturated rings. The van der Waals surface area contributed by atoms with Crippen molar-refractivity contribution in [3.05, 3.63) is 46.7 Å². The molecule has 0 unspecified atom stereocenters. The van der Waals surface area contributed by atoms with Crippen molar-refractivity contribution in [1.29, 1.82) is 0 Å². The standard InChI is InChI=1S/C13H13F3N2/c1-8-7-17-12(18-9(8)2)10-5-3-4-6-11(10)13(14,15)16/h3-6H,7H2,1-2H3,(H,17,18). The molecule has 1 aromatic carbocycles. The van der Waals surface area contributed by atoms with Crippen LogP contribution in [0.25, 0.3) is 0 Å². The first-order chi connectivity index (χ1) is 8.39. The minimum absolute atomic E-state index is 0.0943. The largest absolute Gasteiger partial charge is 0.417 e. The molecule has 0 aromatic heterocycles. The van der Waals surface area contributed by atoms with Crippen LogP contribution in [0.3, 0.4) is 0 Å². The maximum absolute atomic E-state index is 12.9. The first kappa shape index (κ1) is 12.7. The lowest BCUT2D eigenvalue weighted by Gasteiger charge is -2.20. The van der Waals surface area contributed by atoms with Crippen molar-refractivity contribution in [2.75, 3.05) is 6.54 Å². The second-order valence-electron chi connectivity index (χ2n) is 4.24. The quantitative estimate of drug-likeness (QED) is 0.816. The second kappa shape index (κ2) is 4.48. The zero-order chi connectivity index (χ0) is 13.3. The van der Waals surface area contributed by atoms with Crippen LogP contribution in [-0.4, -0.2) is 12.4 Å². The molecule has 0 atom stereocenters. The van der Waals surface area contributed by atoms with Gasteiger partial charge in [0.15, 0.2) is 0 Å². The molecule has 0 saturated heterocycles. The van der Waals surface area contributed by atoms with Crippen molar-refractivity contribution in [3.63, 3.8) is 0 Å². The summed E-state index contributed by atoms with van der Waals surface area (Å²) >= 11 is 0. The first-order valence-corrected chi connectivity index (χ1v) is 5.54. The fraction of sp³-hybridized carbons (Fsp3) is 0.308. The zero-order valence-electron chi connectivity index (χ0n) is 10.1. The normalized spacial score (nSPS) is 16.4. The van der Waals surface area contributed by atoms with Crippen LogP contribution in [-0.2, 0) is 6.18 Å². The Bertz CT molecular complexity index is 527. The molecule has 0 saturated carbocycles. The van der Waals surface area contributed by atoms with Gasteiger partial charge in [0.1, 0.15) is 5.84 Å². The van der Waals surface area contributed by atoms with Gasteiger partial charge in [-0.15, -0.1) is 0 Å². The number of allylic oxidation sites excluding steroid dienone is 1. The monoisotopic (exact) mass is 254 g/mol. The topological polar surface area (TPSA) is 24.4 Å². The highest BCUT2D eigenvalue weighted by Crippen LogP contribution is 2.32. The second-order valence-corrected chi connectivity index (χ2v) is 4.24. The summed E-state index contributed by atoms with van der Waals surface area (Å²) in [5.41, 5.74) is 1.32. The minimum Gasteiger partial charge on any atom is -0.344 e. The lowest BCUT2D eigenvalue weighted by molar-refractivity contribution is -0.137. The molecule has 0 aliphatic carbocycles. The third kappa shape index (κ3) is 2.39. The fourth-order valence-corrected chi connectivity index (χ4v) is 1.73. The van der Waals surface area contributed by atoms with Crippen LogP contribution in [0.5, 0.6) is 0 Å². The summed E-state index contributed by atoms with van der Waals surface area (Å²) in [6, 6.07) is 5.46. The third-order valence-corrected chi connectivity index (χ3v) is 2.91. The SMILES string of the molecule is CC1=C(C)NC(c2ccccc2C(F)(F)F)=NC1. The van der Waals surface area contributed by atoms with Crippen LogP contribution in [0.4, 0.5) is 13.2 Å². The number of rotatable bonds is 1. The number of alkyl halides is 3. The molecule has 18 heavy (non-hydrogen) atoms. The van der Waals surface area contributed by atoms with Crippen molar-refractivity contribution >= 4 is 5.84 Å². The number of nitrogens with one attached hydrogen (secondary N) is 1. The lowest BCUT2D eigenvalue weighted by atomic mass is 10.0. The van der Waals surface area contributed by atoms with E-state index in [4.69, 9.17) is 0 Å². The molecule has 1 heterocycles. The van der Waals surface area contributed by atoms with E-state index in [1.807, 2.05) is 13.8 Å². The summed E-state index contributed by atoms with van der Waals surface area (Å²) in [6.45, 7) is 4.17. The van der Waals surface area contributed by atoms with Crippen LogP contribution >= 0.6 is 0 Å². The van der Waals surface area contributed by atoms with Gasteiger partial charge in [0.2, 0.25) is 0 Å². The predicted octanol–water partition coefficient (Wildman–Crippen LogP) is 3.35. The van der Waals surface area contributed by atoms with Gasteiger partial charge in [0, 0.05) is 11.3 Å². The molecule has 96 valence electrons. The Morgan fingerprint density at radius 2 is 1.83 bits per heavy atom. The van der Waals surface area contributed by atoms with Gasteiger partial charge in [0.05, 0.1) is 12.1 Å². The van der Waals surface area contributed by atoms with Crippen molar-refractivity contribution in [2.24, 2.45) is 4.99 Å². The number of halogens is 3. The molecule has 0 spiro atoms. The average molecular weight is 254 g/mol. The lowest BCUT2D eigenvalue weighted by Crippen LogP contribution is -2.30. The highest BCUT2D eigenvalue weighted by molar-refractivity contribution is 6.01. The number of hydrogen-bond donors (Lipinski definition) is 1. The Kier molecular flexibility index (Phi) is 3.15. The number of amidine groups is 1. The van der Waals surface area contributed by atoms with Crippen LogP contribution in [0.15, 0.2) is 40.5 Å². The molecule has 1 aliphatic heterocycles. The maximum atomic E-state index is 12.9. The molecular formula is C13H13F3N2. The maximum Gasteiger partial charge on any atom is 0.417 e. The average Bonchev–Trinajstić information content (AvgIpc) is 2.32. The van der Waals surface area contributed by atoms with Gasteiger partial charge in [-0.2, -0.15) is 13.2 Å². The highest BCUT2D eigenvalue weighted by Gasteiger charge is 2.34. The first-order valence-electron chi connectivity index (χ1n) is 5.54. The van der Waals surface area contributed by atoms with Crippen molar-refractivity contribution in [3.8, 4) is 0 Å². The van der Waals surface area contributed by atoms with Crippen LogP contribution in [0, 0.1) is 0 Å². The minimum atomic E-state index is -4.37. The summed E-state index contributed by atoms with van der Waals surface area (Å²) < 4.78 is 38.6. The van der Waals surface area contributed by atoms with E-state index in [2.05, 4.69) is 10.3 Å². The van der Waals surface area contributed by atoms with Gasteiger partial charge in [0.25, 0.3) is 0 Å². The summed E-state index contributed by atoms with van der Waals surface area (Å²) in [6.07, 6.45) is -4.37. The Hall–Kier alpha value is -1.78. The van der Waals surface area contributed by atoms with Crippen LogP contribution in [0.1, 0.15) is 25.0 Å². The van der Waals surface area contributed by atoms with Gasteiger partial charge in [-0.3, -0.25) is 4.99 Å². The molecule has 2 rings (SSSR count). The number of nitrogens with zero attached hydrogens (tertiary/aromatic N) is 1. The zero-order valence-corrected chi connectivity index (χ0v) is 10.1. The molecule has 0 bridgehead atoms. The van der Waals surface area contributed by atoms with Crippen LogP contribution < -0.4 is 5.32 Å². The number of hydrogen-bond acceptors (Lipinski definition) is 2. The molecule has 2 nitrogen and oxygen atoms in total.